The molecule has 3 rings (SSSR count). The van der Waals surface area contributed by atoms with Gasteiger partial charge in [-0.1, -0.05) is 64.2 Å². The number of rotatable bonds is 7. The van der Waals surface area contributed by atoms with Gasteiger partial charge in [0.15, 0.2) is 17.4 Å². The van der Waals surface area contributed by atoms with E-state index in [1.807, 2.05) is 0 Å². The van der Waals surface area contributed by atoms with Crippen LogP contribution < -0.4 is 4.74 Å². The van der Waals surface area contributed by atoms with E-state index in [0.29, 0.717) is 17.9 Å². The number of hydrogen-bond donors (Lipinski definition) is 0. The first kappa shape index (κ1) is 20.5. The number of alkyl halides is 2. The van der Waals surface area contributed by atoms with Crippen LogP contribution in [0.5, 0.6) is 5.75 Å². The summed E-state index contributed by atoms with van der Waals surface area (Å²) in [5, 5.41) is 0. The Labute approximate surface area is 159 Å². The zero-order valence-corrected chi connectivity index (χ0v) is 15.9. The monoisotopic (exact) mass is 386 g/mol. The molecule has 2 aliphatic carbocycles. The molecule has 0 N–H and O–H groups in total. The molecule has 0 bridgehead atoms. The highest BCUT2D eigenvalue weighted by atomic mass is 19.3. The number of aryl methyl sites for hydroxylation is 1. The number of ether oxygens (including phenoxy) is 1. The fraction of sp³-hybridized carbons (Fsp3) is 0.727. The van der Waals surface area contributed by atoms with Gasteiger partial charge in [0, 0.05) is 0 Å². The molecule has 0 spiro atoms. The molecule has 0 aromatic heterocycles. The van der Waals surface area contributed by atoms with E-state index >= 15 is 0 Å². The van der Waals surface area contributed by atoms with Gasteiger partial charge < -0.3 is 4.74 Å². The molecule has 5 heteroatoms. The summed E-state index contributed by atoms with van der Waals surface area (Å²) in [7, 11) is 0. The molecule has 0 amide bonds. The van der Waals surface area contributed by atoms with Crippen molar-refractivity contribution < 1.29 is 22.3 Å². The van der Waals surface area contributed by atoms with E-state index in [1.165, 1.54) is 64.2 Å². The summed E-state index contributed by atoms with van der Waals surface area (Å²) >= 11 is 0. The van der Waals surface area contributed by atoms with Crippen LogP contribution in [0.25, 0.3) is 0 Å². The van der Waals surface area contributed by atoms with Crippen LogP contribution in [0.3, 0.4) is 0 Å². The van der Waals surface area contributed by atoms with Gasteiger partial charge in [0.1, 0.15) is 0 Å². The SMILES string of the molecule is Fc1cc(CCC(C2CCCCC2)C2CCCCC2)cc(F)c1OC(F)F. The average Bonchev–Trinajstić information content (AvgIpc) is 2.66. The van der Waals surface area contributed by atoms with Gasteiger partial charge in [-0.05, 0) is 48.3 Å². The minimum atomic E-state index is -3.23. The normalized spacial score (nSPS) is 19.8. The quantitative estimate of drug-likeness (QED) is 0.448. The summed E-state index contributed by atoms with van der Waals surface area (Å²) < 4.78 is 56.6. The molecule has 1 aromatic rings. The molecular formula is C22H30F4O. The lowest BCUT2D eigenvalue weighted by molar-refractivity contribution is -0.0546. The first-order chi connectivity index (χ1) is 13.0. The van der Waals surface area contributed by atoms with Crippen molar-refractivity contribution in [3.63, 3.8) is 0 Å². The van der Waals surface area contributed by atoms with Gasteiger partial charge in [0.2, 0.25) is 0 Å². The van der Waals surface area contributed by atoms with E-state index in [2.05, 4.69) is 4.74 Å². The van der Waals surface area contributed by atoms with Crippen molar-refractivity contribution in [1.29, 1.82) is 0 Å². The van der Waals surface area contributed by atoms with Crippen LogP contribution in [0.4, 0.5) is 17.6 Å². The van der Waals surface area contributed by atoms with Gasteiger partial charge in [-0.25, -0.2) is 8.78 Å². The standard InChI is InChI=1S/C22H30F4O/c23-19-13-15(14-20(24)21(19)27-22(25)26)11-12-18(16-7-3-1-4-8-16)17-9-5-2-6-10-17/h13-14,16-18,22H,1-12H2. The average molecular weight is 386 g/mol. The minimum absolute atomic E-state index is 0.531. The molecule has 0 unspecified atom stereocenters. The fourth-order valence-corrected chi connectivity index (χ4v) is 5.27. The van der Waals surface area contributed by atoms with Gasteiger partial charge in [-0.3, -0.25) is 0 Å². The van der Waals surface area contributed by atoms with E-state index in [1.54, 1.807) is 0 Å². The van der Waals surface area contributed by atoms with Crippen molar-refractivity contribution in [2.45, 2.75) is 83.7 Å². The van der Waals surface area contributed by atoms with Crippen molar-refractivity contribution in [3.8, 4) is 5.75 Å². The molecule has 0 atom stereocenters. The van der Waals surface area contributed by atoms with Crippen molar-refractivity contribution in [1.82, 2.24) is 0 Å². The lowest BCUT2D eigenvalue weighted by Gasteiger charge is -2.38. The third-order valence-electron chi connectivity index (χ3n) is 6.54. The maximum atomic E-state index is 14.0. The Bertz CT molecular complexity index is 551. The molecule has 1 aromatic carbocycles. The summed E-state index contributed by atoms with van der Waals surface area (Å²) in [4.78, 5) is 0. The van der Waals surface area contributed by atoms with E-state index in [-0.39, 0.29) is 0 Å². The highest BCUT2D eigenvalue weighted by Crippen LogP contribution is 2.42. The zero-order valence-electron chi connectivity index (χ0n) is 15.9. The number of benzene rings is 1. The number of halogens is 4. The van der Waals surface area contributed by atoms with Gasteiger partial charge in [-0.2, -0.15) is 8.78 Å². The van der Waals surface area contributed by atoms with Crippen LogP contribution in [0.15, 0.2) is 12.1 Å². The smallest absolute Gasteiger partial charge is 0.387 e. The summed E-state index contributed by atoms with van der Waals surface area (Å²) in [6.45, 7) is -3.23. The molecule has 2 saturated carbocycles. The molecule has 0 saturated heterocycles. The molecule has 0 heterocycles. The van der Waals surface area contributed by atoms with E-state index in [0.717, 1.165) is 30.4 Å². The van der Waals surface area contributed by atoms with Gasteiger partial charge in [0.05, 0.1) is 0 Å². The second-order valence-electron chi connectivity index (χ2n) is 8.27. The number of hydrogen-bond acceptors (Lipinski definition) is 1. The molecule has 2 aliphatic rings. The highest BCUT2D eigenvalue weighted by molar-refractivity contribution is 5.31. The Morgan fingerprint density at radius 1 is 0.815 bits per heavy atom. The molecule has 1 nitrogen and oxygen atoms in total. The fourth-order valence-electron chi connectivity index (χ4n) is 5.27. The van der Waals surface area contributed by atoms with Crippen LogP contribution in [0.2, 0.25) is 0 Å². The second-order valence-corrected chi connectivity index (χ2v) is 8.27. The second kappa shape index (κ2) is 9.79. The topological polar surface area (TPSA) is 9.23 Å². The van der Waals surface area contributed by atoms with E-state index < -0.39 is 24.0 Å². The first-order valence-electron chi connectivity index (χ1n) is 10.5. The van der Waals surface area contributed by atoms with Crippen molar-refractivity contribution in [2.75, 3.05) is 0 Å². The van der Waals surface area contributed by atoms with Crippen LogP contribution in [0, 0.1) is 29.4 Å². The largest absolute Gasteiger partial charge is 0.429 e. The van der Waals surface area contributed by atoms with E-state index in [9.17, 15) is 17.6 Å². The maximum absolute atomic E-state index is 14.0. The van der Waals surface area contributed by atoms with Crippen molar-refractivity contribution in [3.05, 3.63) is 29.3 Å². The van der Waals surface area contributed by atoms with Crippen LogP contribution >= 0.6 is 0 Å². The highest BCUT2D eigenvalue weighted by Gasteiger charge is 2.31. The minimum Gasteiger partial charge on any atom is -0.429 e. The summed E-state index contributed by atoms with van der Waals surface area (Å²) in [5.41, 5.74) is 0.531. The molecule has 27 heavy (non-hydrogen) atoms. The Kier molecular flexibility index (Phi) is 7.42. The van der Waals surface area contributed by atoms with Crippen molar-refractivity contribution >= 4 is 0 Å². The predicted octanol–water partition coefficient (Wildman–Crippen LogP) is 7.28. The predicted molar refractivity (Wildman–Crippen MR) is 98.0 cm³/mol. The third-order valence-corrected chi connectivity index (χ3v) is 6.54. The Hall–Kier alpha value is -1.26. The summed E-state index contributed by atoms with van der Waals surface area (Å²) in [6.07, 6.45) is 14.4. The van der Waals surface area contributed by atoms with Gasteiger partial charge >= 0.3 is 6.61 Å². The van der Waals surface area contributed by atoms with E-state index in [4.69, 9.17) is 0 Å². The van der Waals surface area contributed by atoms with Crippen LogP contribution in [-0.4, -0.2) is 6.61 Å². The lowest BCUT2D eigenvalue weighted by Crippen LogP contribution is -2.27. The molecule has 152 valence electrons. The Morgan fingerprint density at radius 3 is 1.74 bits per heavy atom. The maximum Gasteiger partial charge on any atom is 0.387 e. The lowest BCUT2D eigenvalue weighted by atomic mass is 9.68. The molecule has 0 aliphatic heterocycles. The Morgan fingerprint density at radius 2 is 1.30 bits per heavy atom. The van der Waals surface area contributed by atoms with Gasteiger partial charge in [-0.15, -0.1) is 0 Å². The Balaban J connectivity index is 1.68. The summed E-state index contributed by atoms with van der Waals surface area (Å²) in [6, 6.07) is 2.30. The van der Waals surface area contributed by atoms with Crippen molar-refractivity contribution in [2.24, 2.45) is 17.8 Å². The molecular weight excluding hydrogens is 356 g/mol. The third kappa shape index (κ3) is 5.61. The first-order valence-corrected chi connectivity index (χ1v) is 10.5. The van der Waals surface area contributed by atoms with Crippen LogP contribution in [-0.2, 0) is 6.42 Å². The summed E-state index contributed by atoms with van der Waals surface area (Å²) in [5.74, 6) is -1.02. The van der Waals surface area contributed by atoms with Gasteiger partial charge in [0.25, 0.3) is 0 Å². The van der Waals surface area contributed by atoms with Crippen LogP contribution in [0.1, 0.15) is 76.2 Å². The zero-order chi connectivity index (χ0) is 19.2. The molecule has 0 radical (unpaired) electrons. The molecule has 2 fully saturated rings.